The Morgan fingerprint density at radius 2 is 1.71 bits per heavy atom. The van der Waals surface area contributed by atoms with Crippen LogP contribution in [0.2, 0.25) is 0 Å². The first-order chi connectivity index (χ1) is 16.9. The molecule has 2 aromatic carbocycles. The second-order valence-electron chi connectivity index (χ2n) is 8.46. The van der Waals surface area contributed by atoms with Gasteiger partial charge in [-0.15, -0.1) is 0 Å². The summed E-state index contributed by atoms with van der Waals surface area (Å²) >= 11 is 0. The van der Waals surface area contributed by atoms with Crippen molar-refractivity contribution in [3.63, 3.8) is 0 Å². The van der Waals surface area contributed by atoms with Crippen LogP contribution < -0.4 is 19.8 Å². The van der Waals surface area contributed by atoms with E-state index in [0.29, 0.717) is 52.6 Å². The average Bonchev–Trinajstić information content (AvgIpc) is 3.13. The molecule has 1 aliphatic rings. The minimum atomic E-state index is -0.733. The predicted molar refractivity (Wildman–Crippen MR) is 134 cm³/mol. The van der Waals surface area contributed by atoms with Gasteiger partial charge < -0.3 is 13.9 Å². The van der Waals surface area contributed by atoms with Gasteiger partial charge in [0, 0.05) is 5.69 Å². The summed E-state index contributed by atoms with van der Waals surface area (Å²) < 4.78 is 17.6. The van der Waals surface area contributed by atoms with Gasteiger partial charge in [0.1, 0.15) is 11.4 Å². The summed E-state index contributed by atoms with van der Waals surface area (Å²) in [6.07, 6.45) is 0. The number of benzene rings is 2. The highest BCUT2D eigenvalue weighted by molar-refractivity contribution is 6.10. The molecule has 5 rings (SSSR count). The summed E-state index contributed by atoms with van der Waals surface area (Å²) in [7, 11) is 0. The van der Waals surface area contributed by atoms with Crippen molar-refractivity contribution >= 4 is 22.7 Å². The molecule has 1 unspecified atom stereocenters. The van der Waals surface area contributed by atoms with E-state index in [-0.39, 0.29) is 11.2 Å². The first-order valence-electron chi connectivity index (χ1n) is 11.7. The van der Waals surface area contributed by atoms with E-state index >= 15 is 0 Å². The van der Waals surface area contributed by atoms with Crippen LogP contribution >= 0.6 is 0 Å². The number of nitrogens with zero attached hydrogens (tertiary/aromatic N) is 2. The summed E-state index contributed by atoms with van der Waals surface area (Å²) in [6, 6.07) is 15.6. The number of aromatic nitrogens is 1. The number of hydrogen-bond acceptors (Lipinski definition) is 6. The monoisotopic (exact) mass is 470 g/mol. The SMILES string of the molecule is CCOc1ccc(C2c3c(oc4ccc(C)cc4c3=O)C(=O)N2c2cccc(C)n2)cc1OCC. The van der Waals surface area contributed by atoms with Crippen LogP contribution in [0.15, 0.2) is 63.8 Å². The van der Waals surface area contributed by atoms with Crippen molar-refractivity contribution in [2.45, 2.75) is 33.7 Å². The minimum absolute atomic E-state index is 0.0338. The number of fused-ring (bicyclic) bond motifs is 2. The van der Waals surface area contributed by atoms with E-state index < -0.39 is 11.9 Å². The van der Waals surface area contributed by atoms with Crippen LogP contribution in [0.3, 0.4) is 0 Å². The third-order valence-corrected chi connectivity index (χ3v) is 6.03. The number of pyridine rings is 1. The molecule has 1 amide bonds. The fourth-order valence-electron chi connectivity index (χ4n) is 4.54. The second kappa shape index (κ2) is 8.91. The summed E-state index contributed by atoms with van der Waals surface area (Å²) in [5.74, 6) is 1.22. The first-order valence-corrected chi connectivity index (χ1v) is 11.7. The third-order valence-electron chi connectivity index (χ3n) is 6.03. The van der Waals surface area contributed by atoms with Gasteiger partial charge in [-0.1, -0.05) is 23.8 Å². The van der Waals surface area contributed by atoms with Gasteiger partial charge in [0.2, 0.25) is 5.76 Å². The molecule has 0 spiro atoms. The van der Waals surface area contributed by atoms with Crippen molar-refractivity contribution in [2.75, 3.05) is 18.1 Å². The maximum absolute atomic E-state index is 13.8. The molecule has 7 nitrogen and oxygen atoms in total. The molecule has 1 atom stereocenters. The topological polar surface area (TPSA) is 81.9 Å². The second-order valence-corrected chi connectivity index (χ2v) is 8.46. The molecule has 0 saturated heterocycles. The lowest BCUT2D eigenvalue weighted by molar-refractivity contribution is 0.0970. The molecule has 0 saturated carbocycles. The summed E-state index contributed by atoms with van der Waals surface area (Å²) in [5, 5.41) is 0.441. The van der Waals surface area contributed by atoms with E-state index in [1.165, 1.54) is 4.90 Å². The highest BCUT2D eigenvalue weighted by Gasteiger charge is 2.44. The number of amides is 1. The van der Waals surface area contributed by atoms with Gasteiger partial charge in [0.15, 0.2) is 16.9 Å². The molecule has 0 bridgehead atoms. The summed E-state index contributed by atoms with van der Waals surface area (Å²) in [6.45, 7) is 8.49. The zero-order valence-electron chi connectivity index (χ0n) is 20.1. The smallest absolute Gasteiger partial charge is 0.296 e. The number of carbonyl (C=O) groups is 1. The van der Waals surface area contributed by atoms with Gasteiger partial charge in [-0.25, -0.2) is 4.98 Å². The van der Waals surface area contributed by atoms with Crippen molar-refractivity contribution in [3.05, 3.63) is 93.0 Å². The molecule has 0 aliphatic carbocycles. The lowest BCUT2D eigenvalue weighted by atomic mass is 9.97. The Hall–Kier alpha value is -4.13. The van der Waals surface area contributed by atoms with E-state index in [0.717, 1.165) is 11.3 Å². The molecular weight excluding hydrogens is 444 g/mol. The quantitative estimate of drug-likeness (QED) is 0.378. The van der Waals surface area contributed by atoms with Crippen molar-refractivity contribution in [3.8, 4) is 11.5 Å². The van der Waals surface area contributed by atoms with Crippen LogP contribution in [0.25, 0.3) is 11.0 Å². The molecule has 4 aromatic rings. The van der Waals surface area contributed by atoms with Crippen LogP contribution in [0.4, 0.5) is 5.82 Å². The van der Waals surface area contributed by atoms with Crippen LogP contribution in [0, 0.1) is 13.8 Å². The number of rotatable bonds is 6. The average molecular weight is 471 g/mol. The van der Waals surface area contributed by atoms with Gasteiger partial charge in [-0.3, -0.25) is 14.5 Å². The van der Waals surface area contributed by atoms with Gasteiger partial charge in [0.05, 0.1) is 30.2 Å². The van der Waals surface area contributed by atoms with Crippen LogP contribution in [0.1, 0.15) is 52.8 Å². The molecule has 178 valence electrons. The van der Waals surface area contributed by atoms with Gasteiger partial charge >= 0.3 is 0 Å². The first kappa shape index (κ1) is 22.7. The number of carbonyl (C=O) groups excluding carboxylic acids is 1. The van der Waals surface area contributed by atoms with E-state index in [2.05, 4.69) is 4.98 Å². The van der Waals surface area contributed by atoms with Crippen molar-refractivity contribution in [2.24, 2.45) is 0 Å². The van der Waals surface area contributed by atoms with Gasteiger partial charge in [-0.05, 0) is 69.7 Å². The van der Waals surface area contributed by atoms with Gasteiger partial charge in [0.25, 0.3) is 5.91 Å². The van der Waals surface area contributed by atoms with E-state index in [1.54, 1.807) is 24.3 Å². The Morgan fingerprint density at radius 3 is 2.46 bits per heavy atom. The lowest BCUT2D eigenvalue weighted by Crippen LogP contribution is -2.30. The largest absolute Gasteiger partial charge is 0.490 e. The van der Waals surface area contributed by atoms with E-state index in [9.17, 15) is 9.59 Å². The third kappa shape index (κ3) is 3.83. The molecule has 0 fully saturated rings. The highest BCUT2D eigenvalue weighted by Crippen LogP contribution is 2.43. The zero-order chi connectivity index (χ0) is 24.7. The molecule has 1 aliphatic heterocycles. The Labute approximate surface area is 202 Å². The summed E-state index contributed by atoms with van der Waals surface area (Å²) in [4.78, 5) is 33.7. The van der Waals surface area contributed by atoms with E-state index in [1.807, 2.05) is 58.0 Å². The number of ether oxygens (including phenoxy) is 2. The fourth-order valence-corrected chi connectivity index (χ4v) is 4.54. The molecule has 3 heterocycles. The Morgan fingerprint density at radius 1 is 0.943 bits per heavy atom. The number of hydrogen-bond donors (Lipinski definition) is 0. The predicted octanol–water partition coefficient (Wildman–Crippen LogP) is 5.35. The van der Waals surface area contributed by atoms with Crippen molar-refractivity contribution in [1.82, 2.24) is 4.98 Å². The molecule has 7 heteroatoms. The van der Waals surface area contributed by atoms with Gasteiger partial charge in [-0.2, -0.15) is 0 Å². The normalized spacial score (nSPS) is 14.9. The Balaban J connectivity index is 1.79. The van der Waals surface area contributed by atoms with E-state index in [4.69, 9.17) is 13.9 Å². The maximum atomic E-state index is 13.8. The Bertz CT molecular complexity index is 1510. The molecular formula is C28H26N2O5. The van der Waals surface area contributed by atoms with Crippen LogP contribution in [-0.4, -0.2) is 24.1 Å². The van der Waals surface area contributed by atoms with Crippen LogP contribution in [-0.2, 0) is 0 Å². The zero-order valence-corrected chi connectivity index (χ0v) is 20.1. The number of aryl methyl sites for hydroxylation is 2. The summed E-state index contributed by atoms with van der Waals surface area (Å²) in [5.41, 5.74) is 2.83. The van der Waals surface area contributed by atoms with Crippen molar-refractivity contribution < 1.29 is 18.7 Å². The minimum Gasteiger partial charge on any atom is -0.490 e. The molecule has 0 radical (unpaired) electrons. The molecule has 2 aromatic heterocycles. The Kier molecular flexibility index (Phi) is 5.76. The number of anilines is 1. The standard InChI is InChI=1S/C28H26N2O5/c1-5-33-21-13-11-18(15-22(21)34-6-2)25-24-26(31)19-14-16(3)10-12-20(19)35-27(24)28(32)30(25)23-9-7-8-17(4)29-23/h7-15,25H,5-6H2,1-4H3. The molecule has 0 N–H and O–H groups in total. The van der Waals surface area contributed by atoms with Crippen molar-refractivity contribution in [1.29, 1.82) is 0 Å². The highest BCUT2D eigenvalue weighted by atomic mass is 16.5. The maximum Gasteiger partial charge on any atom is 0.296 e. The van der Waals surface area contributed by atoms with Crippen LogP contribution in [0.5, 0.6) is 11.5 Å². The lowest BCUT2D eigenvalue weighted by Gasteiger charge is -2.25. The molecule has 35 heavy (non-hydrogen) atoms. The fraction of sp³-hybridized carbons (Fsp3) is 0.250.